The lowest BCUT2D eigenvalue weighted by molar-refractivity contribution is -0.187. The van der Waals surface area contributed by atoms with Crippen molar-refractivity contribution in [1.82, 2.24) is 9.88 Å². The summed E-state index contributed by atoms with van der Waals surface area (Å²) in [4.78, 5) is 32.5. The number of anilines is 1. The number of hydrogen-bond donors (Lipinski definition) is 2. The zero-order chi connectivity index (χ0) is 30.2. The maximum absolute atomic E-state index is 13.3. The second-order valence-corrected chi connectivity index (χ2v) is 11.6. The van der Waals surface area contributed by atoms with Crippen molar-refractivity contribution in [2.75, 3.05) is 47.3 Å². The average Bonchev–Trinajstić information content (AvgIpc) is 3.40. The number of ether oxygens (including phenoxy) is 5. The van der Waals surface area contributed by atoms with Gasteiger partial charge in [-0.3, -0.25) is 9.69 Å². The molecule has 1 aliphatic carbocycles. The molecule has 43 heavy (non-hydrogen) atoms. The molecule has 0 bridgehead atoms. The fourth-order valence-electron chi connectivity index (χ4n) is 7.54. The number of hydrogen-bond acceptors (Lipinski definition) is 9. The number of benzene rings is 2. The van der Waals surface area contributed by atoms with Gasteiger partial charge in [0.1, 0.15) is 23.7 Å². The SMILES string of the molecule is COC(=O)[C@H]1[C@H]2C[C@@H]3c4[nH]c5cc(OC)ccc5c4CCN3C[C@H]2C[C@@H](OC(=O)/C=C/c2ccc(N)c(OC)c2)[C@@H]1OC. The molecule has 0 unspecified atom stereocenters. The summed E-state index contributed by atoms with van der Waals surface area (Å²) in [6, 6.07) is 11.6. The van der Waals surface area contributed by atoms with Crippen molar-refractivity contribution >= 4 is 34.6 Å². The monoisotopic (exact) mass is 589 g/mol. The van der Waals surface area contributed by atoms with E-state index in [4.69, 9.17) is 29.4 Å². The van der Waals surface area contributed by atoms with Gasteiger partial charge in [-0.2, -0.15) is 0 Å². The van der Waals surface area contributed by atoms with E-state index < -0.39 is 24.1 Å². The second-order valence-electron chi connectivity index (χ2n) is 11.6. The molecule has 0 spiro atoms. The molecule has 6 rings (SSSR count). The van der Waals surface area contributed by atoms with Crippen molar-refractivity contribution in [3.63, 3.8) is 0 Å². The van der Waals surface area contributed by atoms with Crippen LogP contribution in [0, 0.1) is 17.8 Å². The molecule has 1 saturated heterocycles. The van der Waals surface area contributed by atoms with Crippen LogP contribution < -0.4 is 15.2 Å². The summed E-state index contributed by atoms with van der Waals surface area (Å²) in [6.07, 6.45) is 4.14. The molecule has 3 N–H and O–H groups in total. The Labute approximate surface area is 251 Å². The molecule has 2 aliphatic heterocycles. The van der Waals surface area contributed by atoms with Gasteiger partial charge in [0.05, 0.1) is 39.0 Å². The largest absolute Gasteiger partial charge is 0.497 e. The van der Waals surface area contributed by atoms with Crippen LogP contribution in [0.2, 0.25) is 0 Å². The first kappa shape index (κ1) is 29.1. The van der Waals surface area contributed by atoms with Gasteiger partial charge in [-0.25, -0.2) is 4.79 Å². The number of fused-ring (bicyclic) bond motifs is 6. The molecule has 2 aromatic carbocycles. The van der Waals surface area contributed by atoms with Gasteiger partial charge in [0, 0.05) is 48.9 Å². The number of aromatic nitrogens is 1. The number of piperidine rings is 1. The fraction of sp³-hybridized carbons (Fsp3) is 0.455. The molecule has 3 aromatic rings. The van der Waals surface area contributed by atoms with Crippen LogP contribution in [0.1, 0.15) is 35.7 Å². The Morgan fingerprint density at radius 3 is 2.63 bits per heavy atom. The predicted octanol–water partition coefficient (Wildman–Crippen LogP) is 4.14. The molecular formula is C33H39N3O7. The van der Waals surface area contributed by atoms with Crippen molar-refractivity contribution < 1.29 is 33.3 Å². The lowest BCUT2D eigenvalue weighted by Gasteiger charge is -2.52. The van der Waals surface area contributed by atoms with E-state index >= 15 is 0 Å². The molecule has 1 aromatic heterocycles. The first-order chi connectivity index (χ1) is 20.8. The average molecular weight is 590 g/mol. The number of nitrogens with two attached hydrogens (primary N) is 1. The van der Waals surface area contributed by atoms with Crippen LogP contribution in [0.3, 0.4) is 0 Å². The highest BCUT2D eigenvalue weighted by Gasteiger charge is 2.54. The number of carbonyl (C=O) groups excluding carboxylic acids is 2. The minimum atomic E-state index is -0.621. The number of esters is 2. The van der Waals surface area contributed by atoms with Gasteiger partial charge in [0.2, 0.25) is 0 Å². The normalized spacial score (nSPS) is 26.8. The smallest absolute Gasteiger partial charge is 0.331 e. The summed E-state index contributed by atoms with van der Waals surface area (Å²) in [7, 11) is 6.19. The highest BCUT2D eigenvalue weighted by molar-refractivity contribution is 5.88. The first-order valence-corrected chi connectivity index (χ1v) is 14.7. The number of carbonyl (C=O) groups is 2. The van der Waals surface area contributed by atoms with Crippen LogP contribution in [0.5, 0.6) is 11.5 Å². The summed E-state index contributed by atoms with van der Waals surface area (Å²) < 4.78 is 27.9. The third-order valence-electron chi connectivity index (χ3n) is 9.54. The Kier molecular flexibility index (Phi) is 8.07. The molecular weight excluding hydrogens is 550 g/mol. The quantitative estimate of drug-likeness (QED) is 0.238. The second kappa shape index (κ2) is 11.9. The highest BCUT2D eigenvalue weighted by Crippen LogP contribution is 2.50. The minimum Gasteiger partial charge on any atom is -0.497 e. The van der Waals surface area contributed by atoms with Crippen LogP contribution >= 0.6 is 0 Å². The third-order valence-corrected chi connectivity index (χ3v) is 9.54. The summed E-state index contributed by atoms with van der Waals surface area (Å²) in [5.74, 6) is 0.0962. The summed E-state index contributed by atoms with van der Waals surface area (Å²) >= 11 is 0. The van der Waals surface area contributed by atoms with Crippen LogP contribution in [-0.4, -0.2) is 75.6 Å². The number of nitrogens with one attached hydrogen (secondary N) is 1. The summed E-state index contributed by atoms with van der Waals surface area (Å²) in [6.45, 7) is 1.72. The van der Waals surface area contributed by atoms with Gasteiger partial charge in [-0.1, -0.05) is 6.07 Å². The van der Waals surface area contributed by atoms with Crippen molar-refractivity contribution in [2.24, 2.45) is 17.8 Å². The first-order valence-electron chi connectivity index (χ1n) is 14.7. The Morgan fingerprint density at radius 2 is 1.88 bits per heavy atom. The molecule has 10 heteroatoms. The molecule has 6 atom stereocenters. The Hall–Kier alpha value is -4.02. The summed E-state index contributed by atoms with van der Waals surface area (Å²) in [5.41, 5.74) is 10.8. The standard InChI is InChI=1S/C33H39N3O7/c1-39-20-7-8-21-22-11-12-36-17-19-14-28(43-29(37)10-6-18-5-9-24(34)27(13-18)40-2)32(41-3)30(33(38)42-4)23(19)16-26(36)31(22)35-25(21)15-20/h5-10,13,15,19,23,26,28,30,32,35H,11-12,14,16-17,34H2,1-4H3/b10-6+/t19-,23+,26-,28-,30+,32+/m1/s1. The van der Waals surface area contributed by atoms with E-state index in [9.17, 15) is 9.59 Å². The van der Waals surface area contributed by atoms with Crippen molar-refractivity contribution in [3.8, 4) is 11.5 Å². The van der Waals surface area contributed by atoms with Gasteiger partial charge < -0.3 is 34.4 Å². The van der Waals surface area contributed by atoms with Gasteiger partial charge >= 0.3 is 11.9 Å². The van der Waals surface area contributed by atoms with Crippen LogP contribution in [0.4, 0.5) is 5.69 Å². The predicted molar refractivity (Wildman–Crippen MR) is 162 cm³/mol. The van der Waals surface area contributed by atoms with E-state index in [0.29, 0.717) is 17.9 Å². The van der Waals surface area contributed by atoms with Crippen molar-refractivity contribution in [1.29, 1.82) is 0 Å². The number of methoxy groups -OCH3 is 4. The van der Waals surface area contributed by atoms with Gasteiger partial charge in [-0.05, 0) is 72.6 Å². The highest BCUT2D eigenvalue weighted by atomic mass is 16.6. The van der Waals surface area contributed by atoms with Crippen LogP contribution in [0.25, 0.3) is 17.0 Å². The topological polar surface area (TPSA) is 125 Å². The van der Waals surface area contributed by atoms with Crippen molar-refractivity contribution in [3.05, 3.63) is 59.3 Å². The summed E-state index contributed by atoms with van der Waals surface area (Å²) in [5, 5.41) is 1.22. The van der Waals surface area contributed by atoms with E-state index in [1.165, 1.54) is 29.8 Å². The van der Waals surface area contributed by atoms with Crippen LogP contribution in [-0.2, 0) is 30.2 Å². The maximum Gasteiger partial charge on any atom is 0.331 e. The Balaban J connectivity index is 1.24. The number of nitrogen functional groups attached to an aromatic ring is 1. The van der Waals surface area contributed by atoms with E-state index in [1.807, 2.05) is 12.1 Å². The number of H-pyrrole nitrogens is 1. The number of rotatable bonds is 7. The molecule has 0 radical (unpaired) electrons. The Bertz CT molecular complexity index is 1550. The van der Waals surface area contributed by atoms with Crippen LogP contribution in [0.15, 0.2) is 42.5 Å². The molecule has 1 saturated carbocycles. The lowest BCUT2D eigenvalue weighted by atomic mass is 9.63. The third kappa shape index (κ3) is 5.34. The van der Waals surface area contributed by atoms with Gasteiger partial charge in [0.15, 0.2) is 0 Å². The molecule has 3 aliphatic rings. The van der Waals surface area contributed by atoms with Gasteiger partial charge in [0.25, 0.3) is 0 Å². The maximum atomic E-state index is 13.3. The molecule has 2 fully saturated rings. The lowest BCUT2D eigenvalue weighted by Crippen LogP contribution is -2.58. The Morgan fingerprint density at radius 1 is 1.05 bits per heavy atom. The van der Waals surface area contributed by atoms with E-state index in [1.54, 1.807) is 45.6 Å². The fourth-order valence-corrected chi connectivity index (χ4v) is 7.54. The van der Waals surface area contributed by atoms with E-state index in [2.05, 4.69) is 16.0 Å². The number of aromatic amines is 1. The molecule has 10 nitrogen and oxygen atoms in total. The molecule has 3 heterocycles. The van der Waals surface area contributed by atoms with E-state index in [-0.39, 0.29) is 23.8 Å². The zero-order valence-electron chi connectivity index (χ0n) is 25.0. The van der Waals surface area contributed by atoms with Crippen molar-refractivity contribution in [2.45, 2.75) is 37.5 Å². The van der Waals surface area contributed by atoms with E-state index in [0.717, 1.165) is 42.8 Å². The number of nitrogens with zero attached hydrogens (tertiary/aromatic N) is 1. The zero-order valence-corrected chi connectivity index (χ0v) is 25.0. The molecule has 0 amide bonds. The van der Waals surface area contributed by atoms with Gasteiger partial charge in [-0.15, -0.1) is 0 Å². The minimum absolute atomic E-state index is 0.0123. The molecule has 228 valence electrons.